The van der Waals surface area contributed by atoms with Crippen LogP contribution in [0.1, 0.15) is 43.9 Å². The predicted octanol–water partition coefficient (Wildman–Crippen LogP) is 3.53. The fourth-order valence-corrected chi connectivity index (χ4v) is 4.53. The second-order valence-electron chi connectivity index (χ2n) is 9.16. The molecule has 0 unspecified atom stereocenters. The predicted molar refractivity (Wildman–Crippen MR) is 111 cm³/mol. The Balaban J connectivity index is 1.82. The van der Waals surface area contributed by atoms with E-state index in [1.807, 2.05) is 0 Å². The maximum Gasteiger partial charge on any atom is 0.417 e. The lowest BCUT2D eigenvalue weighted by Gasteiger charge is -2.32. The van der Waals surface area contributed by atoms with Crippen LogP contribution in [-0.4, -0.2) is 40.8 Å². The van der Waals surface area contributed by atoms with E-state index in [4.69, 9.17) is 15.2 Å². The lowest BCUT2D eigenvalue weighted by atomic mass is 9.77. The molecule has 4 rings (SSSR count). The van der Waals surface area contributed by atoms with Crippen molar-refractivity contribution >= 4 is 5.91 Å². The zero-order valence-corrected chi connectivity index (χ0v) is 19.1. The number of carbonyl (C=O) groups excluding carboxylic acids is 1. The molecule has 1 saturated carbocycles. The van der Waals surface area contributed by atoms with Gasteiger partial charge < -0.3 is 20.4 Å². The molecule has 1 aromatic heterocycles. The van der Waals surface area contributed by atoms with Gasteiger partial charge in [0.2, 0.25) is 5.82 Å². The van der Waals surface area contributed by atoms with Crippen LogP contribution in [0.25, 0.3) is 0 Å². The zero-order chi connectivity index (χ0) is 25.9. The smallest absolute Gasteiger partial charge is 0.417 e. The number of hydrogen-bond acceptors (Lipinski definition) is 5. The van der Waals surface area contributed by atoms with Crippen molar-refractivity contribution in [2.24, 2.45) is 16.6 Å². The Kier molecular flexibility index (Phi) is 5.95. The van der Waals surface area contributed by atoms with Gasteiger partial charge in [-0.15, -0.1) is 0 Å². The standard InChI is InChI=1S/C23H24F5N3O4/c1-11-16(13-4-5-14(24)17(25)18(13)34-3)19(35-21(11,2)23(26,27)28)20(32)30-12-6-9-31(33)15(10-12)22(29)7-8-22/h4-6,9-11,16,19,33H,7-8,29H2,1-3H3/t11-,16-,19+,21+/m0/s1. The highest BCUT2D eigenvalue weighted by Gasteiger charge is 2.66. The van der Waals surface area contributed by atoms with Gasteiger partial charge >= 0.3 is 6.18 Å². The molecule has 35 heavy (non-hydrogen) atoms. The van der Waals surface area contributed by atoms with Gasteiger partial charge in [-0.3, -0.25) is 4.79 Å². The number of amides is 1. The van der Waals surface area contributed by atoms with E-state index in [0.717, 1.165) is 30.9 Å². The molecule has 3 N–H and O–H groups in total. The summed E-state index contributed by atoms with van der Waals surface area (Å²) < 4.78 is 81.4. The summed E-state index contributed by atoms with van der Waals surface area (Å²) in [5.41, 5.74) is 2.67. The van der Waals surface area contributed by atoms with Gasteiger partial charge in [0.15, 0.2) is 17.2 Å². The molecule has 1 amide bonds. The molecule has 1 aliphatic heterocycles. The molecule has 190 valence electrons. The molecule has 0 radical (unpaired) electrons. The Morgan fingerprint density at radius 2 is 1.94 bits per heavy atom. The molecule has 2 aliphatic rings. The number of pyridine rings is 1. The number of rotatable bonds is 4. The van der Waals surface area contributed by atoms with Crippen molar-refractivity contribution in [3.63, 3.8) is 0 Å². The molecular formula is C23H24F5N3O4. The summed E-state index contributed by atoms with van der Waals surface area (Å²) >= 11 is 0. The number of carbonyl (C=O) groups is 1. The van der Waals surface area contributed by atoms with E-state index in [2.05, 4.69) is 4.99 Å². The number of aromatic nitrogens is 1. The van der Waals surface area contributed by atoms with Crippen LogP contribution < -0.4 is 15.8 Å². The Morgan fingerprint density at radius 1 is 1.29 bits per heavy atom. The summed E-state index contributed by atoms with van der Waals surface area (Å²) in [4.78, 5) is 17.1. The Hall–Kier alpha value is -2.99. The van der Waals surface area contributed by atoms with E-state index < -0.39 is 58.5 Å². The third-order valence-corrected chi connectivity index (χ3v) is 7.01. The highest BCUT2D eigenvalue weighted by molar-refractivity contribution is 5.83. The van der Waals surface area contributed by atoms with Crippen LogP contribution in [0.5, 0.6) is 5.75 Å². The number of benzene rings is 1. The van der Waals surface area contributed by atoms with Crippen LogP contribution in [0.4, 0.5) is 22.0 Å². The number of nitrogens with zero attached hydrogens (tertiary/aromatic N) is 2. The second-order valence-corrected chi connectivity index (χ2v) is 9.16. The topological polar surface area (TPSA) is 99.1 Å². The van der Waals surface area contributed by atoms with E-state index in [9.17, 15) is 32.0 Å². The van der Waals surface area contributed by atoms with Crippen molar-refractivity contribution < 1.29 is 41.4 Å². The number of halogens is 5. The van der Waals surface area contributed by atoms with Crippen molar-refractivity contribution in [1.82, 2.24) is 4.73 Å². The minimum absolute atomic E-state index is 0.0416. The van der Waals surface area contributed by atoms with Crippen molar-refractivity contribution in [2.75, 3.05) is 7.11 Å². The lowest BCUT2D eigenvalue weighted by molar-refractivity contribution is -0.272. The molecule has 12 heteroatoms. The zero-order valence-electron chi connectivity index (χ0n) is 19.1. The van der Waals surface area contributed by atoms with Crippen LogP contribution in [0, 0.1) is 17.6 Å². The van der Waals surface area contributed by atoms with Gasteiger partial charge in [0.25, 0.3) is 5.91 Å². The lowest BCUT2D eigenvalue weighted by Crippen LogP contribution is -2.47. The number of methoxy groups -OCH3 is 1. The maximum absolute atomic E-state index is 14.4. The summed E-state index contributed by atoms with van der Waals surface area (Å²) in [5, 5.41) is 10.1. The summed E-state index contributed by atoms with van der Waals surface area (Å²) in [6.45, 7) is 2.01. The van der Waals surface area contributed by atoms with Crippen LogP contribution in [0.15, 0.2) is 35.5 Å². The summed E-state index contributed by atoms with van der Waals surface area (Å²) in [7, 11) is 1.04. The minimum atomic E-state index is -4.88. The third kappa shape index (κ3) is 4.08. The average Bonchev–Trinajstić information content (AvgIpc) is 3.47. The normalized spacial score (nSPS) is 28.3. The summed E-state index contributed by atoms with van der Waals surface area (Å²) in [6.07, 6.45) is -4.27. The fourth-order valence-electron chi connectivity index (χ4n) is 4.53. The maximum atomic E-state index is 14.4. The minimum Gasteiger partial charge on any atom is -0.493 e. The molecule has 2 heterocycles. The van der Waals surface area contributed by atoms with Gasteiger partial charge in [-0.1, -0.05) is 13.0 Å². The molecule has 1 aliphatic carbocycles. The number of ether oxygens (including phenoxy) is 2. The molecule has 4 atom stereocenters. The first-order valence-electron chi connectivity index (χ1n) is 10.8. The SMILES string of the molecule is COc1c([C@H]2[C@H](C(=O)N=c3ccn(O)c(C4(N)CC4)c3)O[C@@](C)(C(F)(F)F)[C@H]2C)ccc(F)c1F. The van der Waals surface area contributed by atoms with Crippen LogP contribution in [0.3, 0.4) is 0 Å². The summed E-state index contributed by atoms with van der Waals surface area (Å²) in [6, 6.07) is 4.47. The first kappa shape index (κ1) is 25.1. The van der Waals surface area contributed by atoms with E-state index in [0.29, 0.717) is 12.8 Å². The van der Waals surface area contributed by atoms with Gasteiger partial charge in [-0.2, -0.15) is 22.3 Å². The molecule has 0 bridgehead atoms. The van der Waals surface area contributed by atoms with Crippen molar-refractivity contribution in [2.45, 2.75) is 56.0 Å². The Morgan fingerprint density at radius 3 is 2.51 bits per heavy atom. The molecular weight excluding hydrogens is 477 g/mol. The van der Waals surface area contributed by atoms with Crippen molar-refractivity contribution in [3.05, 3.63) is 58.7 Å². The molecule has 2 fully saturated rings. The molecule has 2 aromatic rings. The monoisotopic (exact) mass is 501 g/mol. The largest absolute Gasteiger partial charge is 0.493 e. The highest BCUT2D eigenvalue weighted by atomic mass is 19.4. The first-order valence-corrected chi connectivity index (χ1v) is 10.8. The number of hydrogen-bond donors (Lipinski definition) is 2. The Bertz CT molecular complexity index is 1240. The quantitative estimate of drug-likeness (QED) is 0.494. The van der Waals surface area contributed by atoms with Gasteiger partial charge in [0, 0.05) is 23.6 Å². The number of nitrogens with two attached hydrogens (primary N) is 1. The van der Waals surface area contributed by atoms with Crippen LogP contribution in [-0.2, 0) is 15.1 Å². The number of alkyl halides is 3. The van der Waals surface area contributed by atoms with E-state index in [1.165, 1.54) is 25.3 Å². The van der Waals surface area contributed by atoms with Crippen molar-refractivity contribution in [3.8, 4) is 5.75 Å². The second kappa shape index (κ2) is 8.30. The van der Waals surface area contributed by atoms with Gasteiger partial charge in [0.05, 0.1) is 23.7 Å². The average molecular weight is 501 g/mol. The first-order chi connectivity index (χ1) is 16.2. The van der Waals surface area contributed by atoms with Gasteiger partial charge in [0.1, 0.15) is 6.10 Å². The molecule has 1 aromatic carbocycles. The highest BCUT2D eigenvalue weighted by Crippen LogP contribution is 2.55. The summed E-state index contributed by atoms with van der Waals surface area (Å²) in [5.74, 6) is -7.08. The third-order valence-electron chi connectivity index (χ3n) is 7.01. The Labute approximate surface area is 196 Å². The van der Waals surface area contributed by atoms with E-state index >= 15 is 0 Å². The fraction of sp³-hybridized carbons (Fsp3) is 0.478. The van der Waals surface area contributed by atoms with Crippen molar-refractivity contribution in [1.29, 1.82) is 0 Å². The van der Waals surface area contributed by atoms with E-state index in [1.54, 1.807) is 0 Å². The molecule has 0 spiro atoms. The van der Waals surface area contributed by atoms with Gasteiger partial charge in [-0.05, 0) is 38.0 Å². The molecule has 7 nitrogen and oxygen atoms in total. The molecule has 1 saturated heterocycles. The van der Waals surface area contributed by atoms with Crippen LogP contribution in [0.2, 0.25) is 0 Å². The van der Waals surface area contributed by atoms with Crippen LogP contribution >= 0.6 is 0 Å². The van der Waals surface area contributed by atoms with Gasteiger partial charge in [-0.25, -0.2) is 9.38 Å². The van der Waals surface area contributed by atoms with E-state index in [-0.39, 0.29) is 16.6 Å².